The highest BCUT2D eigenvalue weighted by Gasteiger charge is 2.35. The van der Waals surface area contributed by atoms with Crippen LogP contribution in [0.1, 0.15) is 44.3 Å². The maximum absolute atomic E-state index is 12.4. The Hall–Kier alpha value is -1.91. The Kier molecular flexibility index (Phi) is 3.36. The van der Waals surface area contributed by atoms with E-state index in [-0.39, 0.29) is 0 Å². The van der Waals surface area contributed by atoms with Gasteiger partial charge in [0.1, 0.15) is 11.3 Å². The van der Waals surface area contributed by atoms with E-state index < -0.39 is 0 Å². The third-order valence-corrected chi connectivity index (χ3v) is 5.17. The lowest BCUT2D eigenvalue weighted by Gasteiger charge is -2.29. The summed E-state index contributed by atoms with van der Waals surface area (Å²) in [5.74, 6) is 2.11. The quantitative estimate of drug-likeness (QED) is 0.875. The Morgan fingerprint density at radius 2 is 2.23 bits per heavy atom. The third kappa shape index (κ3) is 2.11. The molecule has 2 aromatic heterocycles. The van der Waals surface area contributed by atoms with Gasteiger partial charge in [-0.3, -0.25) is 4.79 Å². The van der Waals surface area contributed by atoms with Crippen molar-refractivity contribution in [2.45, 2.75) is 45.1 Å². The molecule has 116 valence electrons. The highest BCUT2D eigenvalue weighted by molar-refractivity contribution is 5.80. The molecule has 3 heterocycles. The van der Waals surface area contributed by atoms with Crippen LogP contribution in [0.3, 0.4) is 0 Å². The summed E-state index contributed by atoms with van der Waals surface area (Å²) in [6.45, 7) is 4.69. The van der Waals surface area contributed by atoms with Crippen LogP contribution in [0.2, 0.25) is 0 Å². The molecule has 1 aliphatic carbocycles. The Labute approximate surface area is 130 Å². The normalized spacial score (nSPS) is 22.2. The Bertz CT molecular complexity index is 704. The van der Waals surface area contributed by atoms with Gasteiger partial charge in [-0.2, -0.15) is 0 Å². The molecular weight excluding hydrogens is 276 g/mol. The molecule has 2 aromatic rings. The Morgan fingerprint density at radius 3 is 2.95 bits per heavy atom. The average molecular weight is 298 g/mol. The molecule has 1 amide bonds. The second-order valence-corrected chi connectivity index (χ2v) is 6.46. The molecule has 2 fully saturated rings. The summed E-state index contributed by atoms with van der Waals surface area (Å²) in [4.78, 5) is 23.7. The number of likely N-dealkylation sites (tertiary alicyclic amines) is 1. The second kappa shape index (κ2) is 5.38. The van der Waals surface area contributed by atoms with Gasteiger partial charge >= 0.3 is 0 Å². The van der Waals surface area contributed by atoms with Crippen molar-refractivity contribution in [2.24, 2.45) is 5.92 Å². The van der Waals surface area contributed by atoms with Gasteiger partial charge < -0.3 is 9.47 Å². The number of fused-ring (bicyclic) bond motifs is 1. The van der Waals surface area contributed by atoms with Crippen molar-refractivity contribution < 1.29 is 4.79 Å². The molecular formula is C17H22N4O. The van der Waals surface area contributed by atoms with Gasteiger partial charge in [-0.05, 0) is 38.3 Å². The number of rotatable bonds is 3. The van der Waals surface area contributed by atoms with E-state index in [0.29, 0.717) is 17.7 Å². The first-order chi connectivity index (χ1) is 10.8. The number of aryl methyl sites for hydroxylation is 1. The number of amides is 1. The maximum Gasteiger partial charge on any atom is 0.225 e. The van der Waals surface area contributed by atoms with E-state index in [0.717, 1.165) is 55.9 Å². The number of nitrogens with zero attached hydrogens (tertiary/aromatic N) is 4. The van der Waals surface area contributed by atoms with Gasteiger partial charge in [0.2, 0.25) is 5.91 Å². The zero-order valence-electron chi connectivity index (χ0n) is 13.0. The number of hydrogen-bond donors (Lipinski definition) is 0. The number of hydrogen-bond acceptors (Lipinski definition) is 3. The summed E-state index contributed by atoms with van der Waals surface area (Å²) in [5.41, 5.74) is 1.92. The van der Waals surface area contributed by atoms with Gasteiger partial charge in [0.05, 0.1) is 0 Å². The van der Waals surface area contributed by atoms with Crippen molar-refractivity contribution >= 4 is 17.1 Å². The van der Waals surface area contributed by atoms with Crippen LogP contribution in [0.25, 0.3) is 11.2 Å². The molecule has 1 saturated heterocycles. The van der Waals surface area contributed by atoms with E-state index in [1.54, 1.807) is 0 Å². The molecule has 0 aromatic carbocycles. The summed E-state index contributed by atoms with van der Waals surface area (Å²) in [6.07, 6.45) is 6.21. The number of carbonyl (C=O) groups excluding carboxylic acids is 1. The Balaban J connectivity index is 1.59. The highest BCUT2D eigenvalue weighted by atomic mass is 16.2. The molecule has 2 aliphatic rings. The summed E-state index contributed by atoms with van der Waals surface area (Å²) < 4.78 is 2.21. The molecule has 1 aliphatic heterocycles. The van der Waals surface area contributed by atoms with Crippen LogP contribution in [0, 0.1) is 5.92 Å². The lowest BCUT2D eigenvalue weighted by Crippen LogP contribution is -2.37. The van der Waals surface area contributed by atoms with Gasteiger partial charge in [0.25, 0.3) is 0 Å². The summed E-state index contributed by atoms with van der Waals surface area (Å²) >= 11 is 0. The third-order valence-electron chi connectivity index (χ3n) is 5.17. The monoisotopic (exact) mass is 298 g/mol. The number of pyridine rings is 1. The summed E-state index contributed by atoms with van der Waals surface area (Å²) in [5, 5.41) is 0. The first kappa shape index (κ1) is 13.7. The maximum atomic E-state index is 12.4. The highest BCUT2D eigenvalue weighted by Crippen LogP contribution is 2.33. The van der Waals surface area contributed by atoms with Crippen molar-refractivity contribution in [3.05, 3.63) is 24.2 Å². The van der Waals surface area contributed by atoms with Crippen molar-refractivity contribution in [1.82, 2.24) is 19.4 Å². The minimum Gasteiger partial charge on any atom is -0.342 e. The van der Waals surface area contributed by atoms with Crippen LogP contribution in [0.15, 0.2) is 18.3 Å². The van der Waals surface area contributed by atoms with Crippen LogP contribution in [0.5, 0.6) is 0 Å². The van der Waals surface area contributed by atoms with Gasteiger partial charge in [-0.15, -0.1) is 0 Å². The standard InChI is InChI=1S/C17H22N4O/c1-2-21-15(19-14-7-4-9-18-16(14)21)13-8-10-20(11-13)17(22)12-5-3-6-12/h4,7,9,12-13H,2-3,5-6,8,10-11H2,1H3/t13-/m1/s1. The van der Waals surface area contributed by atoms with Crippen molar-refractivity contribution in [1.29, 1.82) is 0 Å². The molecule has 0 N–H and O–H groups in total. The number of carbonyl (C=O) groups is 1. The van der Waals surface area contributed by atoms with Gasteiger partial charge in [0.15, 0.2) is 5.65 Å². The predicted molar refractivity (Wildman–Crippen MR) is 84.5 cm³/mol. The lowest BCUT2D eigenvalue weighted by molar-refractivity contribution is -0.137. The largest absolute Gasteiger partial charge is 0.342 e. The van der Waals surface area contributed by atoms with E-state index >= 15 is 0 Å². The molecule has 0 bridgehead atoms. The molecule has 0 radical (unpaired) electrons. The fourth-order valence-corrected chi connectivity index (χ4v) is 3.68. The van der Waals surface area contributed by atoms with Crippen LogP contribution in [-0.2, 0) is 11.3 Å². The van der Waals surface area contributed by atoms with E-state index in [9.17, 15) is 4.79 Å². The van der Waals surface area contributed by atoms with Crippen LogP contribution < -0.4 is 0 Å². The van der Waals surface area contributed by atoms with E-state index in [4.69, 9.17) is 4.98 Å². The zero-order valence-corrected chi connectivity index (χ0v) is 13.0. The first-order valence-corrected chi connectivity index (χ1v) is 8.38. The molecule has 5 heteroatoms. The topological polar surface area (TPSA) is 51.0 Å². The van der Waals surface area contributed by atoms with Crippen molar-refractivity contribution in [3.8, 4) is 0 Å². The second-order valence-electron chi connectivity index (χ2n) is 6.46. The van der Waals surface area contributed by atoms with E-state index in [2.05, 4.69) is 21.4 Å². The Morgan fingerprint density at radius 1 is 1.36 bits per heavy atom. The fraction of sp³-hybridized carbons (Fsp3) is 0.588. The van der Waals surface area contributed by atoms with E-state index in [1.807, 2.05) is 18.3 Å². The molecule has 1 saturated carbocycles. The smallest absolute Gasteiger partial charge is 0.225 e. The van der Waals surface area contributed by atoms with Crippen molar-refractivity contribution in [3.63, 3.8) is 0 Å². The predicted octanol–water partition coefficient (Wildman–Crippen LogP) is 2.57. The number of imidazole rings is 1. The van der Waals surface area contributed by atoms with Crippen LogP contribution in [-0.4, -0.2) is 38.4 Å². The fourth-order valence-electron chi connectivity index (χ4n) is 3.68. The lowest BCUT2D eigenvalue weighted by atomic mass is 9.84. The molecule has 22 heavy (non-hydrogen) atoms. The van der Waals surface area contributed by atoms with Gasteiger partial charge in [-0.25, -0.2) is 9.97 Å². The van der Waals surface area contributed by atoms with E-state index in [1.165, 1.54) is 6.42 Å². The molecule has 1 atom stereocenters. The molecule has 4 rings (SSSR count). The molecule has 0 spiro atoms. The van der Waals surface area contributed by atoms with Crippen molar-refractivity contribution in [2.75, 3.05) is 13.1 Å². The summed E-state index contributed by atoms with van der Waals surface area (Å²) in [7, 11) is 0. The van der Waals surface area contributed by atoms with Crippen LogP contribution >= 0.6 is 0 Å². The molecule has 0 unspecified atom stereocenters. The summed E-state index contributed by atoms with van der Waals surface area (Å²) in [6, 6.07) is 3.95. The average Bonchev–Trinajstić information content (AvgIpc) is 3.09. The first-order valence-electron chi connectivity index (χ1n) is 8.38. The van der Waals surface area contributed by atoms with Gasteiger partial charge in [-0.1, -0.05) is 6.42 Å². The number of aromatic nitrogens is 3. The van der Waals surface area contributed by atoms with Gasteiger partial charge in [0, 0.05) is 37.7 Å². The molecule has 5 nitrogen and oxygen atoms in total. The minimum atomic E-state index is 0.297. The SMILES string of the molecule is CCn1c([C@@H]2CCN(C(=O)C3CCC3)C2)nc2cccnc21. The minimum absolute atomic E-state index is 0.297. The van der Waals surface area contributed by atoms with Crippen LogP contribution in [0.4, 0.5) is 0 Å². The zero-order chi connectivity index (χ0) is 15.1.